The van der Waals surface area contributed by atoms with Gasteiger partial charge in [0.1, 0.15) is 11.5 Å². The van der Waals surface area contributed by atoms with E-state index in [0.29, 0.717) is 0 Å². The normalized spacial score (nSPS) is 14.9. The first-order valence-corrected chi connectivity index (χ1v) is 8.11. The number of ether oxygens (including phenoxy) is 2. The molecule has 1 aliphatic heterocycles. The molecule has 1 heterocycles. The summed E-state index contributed by atoms with van der Waals surface area (Å²) in [7, 11) is 3.39. The first-order valence-electron chi connectivity index (χ1n) is 8.11. The van der Waals surface area contributed by atoms with E-state index in [9.17, 15) is 0 Å². The maximum absolute atomic E-state index is 5.46. The summed E-state index contributed by atoms with van der Waals surface area (Å²) in [6.45, 7) is 3.63. The molecule has 2 aromatic carbocycles. The molecule has 24 heavy (non-hydrogen) atoms. The summed E-state index contributed by atoms with van der Waals surface area (Å²) >= 11 is 0. The largest absolute Gasteiger partial charge is 0.497 e. The van der Waals surface area contributed by atoms with Crippen molar-refractivity contribution in [1.29, 1.82) is 0 Å². The van der Waals surface area contributed by atoms with E-state index in [1.165, 1.54) is 0 Å². The highest BCUT2D eigenvalue weighted by Crippen LogP contribution is 2.28. The molecule has 1 aliphatic rings. The Morgan fingerprint density at radius 1 is 0.917 bits per heavy atom. The predicted octanol–water partition coefficient (Wildman–Crippen LogP) is 2.86. The van der Waals surface area contributed by atoms with Crippen molar-refractivity contribution in [2.45, 2.75) is 0 Å². The van der Waals surface area contributed by atoms with Crippen LogP contribution in [0.5, 0.6) is 11.5 Å². The highest BCUT2D eigenvalue weighted by molar-refractivity contribution is 5.80. The maximum Gasteiger partial charge on any atom is 0.142 e. The first-order chi connectivity index (χ1) is 11.8. The van der Waals surface area contributed by atoms with Crippen LogP contribution >= 0.6 is 0 Å². The van der Waals surface area contributed by atoms with E-state index in [1.807, 2.05) is 48.7 Å². The van der Waals surface area contributed by atoms with Gasteiger partial charge in [0, 0.05) is 13.1 Å². The number of hydrogen-bond donors (Lipinski definition) is 0. The third-order valence-electron chi connectivity index (χ3n) is 4.15. The van der Waals surface area contributed by atoms with Crippen LogP contribution in [0.15, 0.2) is 53.6 Å². The van der Waals surface area contributed by atoms with Gasteiger partial charge in [-0.05, 0) is 29.8 Å². The van der Waals surface area contributed by atoms with Crippen LogP contribution in [-0.2, 0) is 0 Å². The Morgan fingerprint density at radius 2 is 1.71 bits per heavy atom. The number of rotatable bonds is 5. The van der Waals surface area contributed by atoms with Crippen molar-refractivity contribution < 1.29 is 9.47 Å². The summed E-state index contributed by atoms with van der Waals surface area (Å²) in [6.07, 6.45) is 1.89. The van der Waals surface area contributed by atoms with E-state index in [2.05, 4.69) is 21.1 Å². The Hall–Kier alpha value is -2.69. The lowest BCUT2D eigenvalue weighted by atomic mass is 10.2. The molecular formula is C19H23N3O2. The molecule has 1 fully saturated rings. The second-order valence-electron chi connectivity index (χ2n) is 5.63. The average molecular weight is 325 g/mol. The minimum Gasteiger partial charge on any atom is -0.497 e. The summed E-state index contributed by atoms with van der Waals surface area (Å²) in [5.74, 6) is 1.77. The summed E-state index contributed by atoms with van der Waals surface area (Å²) in [5.41, 5.74) is 2.19. The van der Waals surface area contributed by atoms with Crippen molar-refractivity contribution in [1.82, 2.24) is 5.01 Å². The Bertz CT molecular complexity index is 695. The molecule has 126 valence electrons. The van der Waals surface area contributed by atoms with Crippen LogP contribution in [-0.4, -0.2) is 51.6 Å². The molecule has 5 heteroatoms. The fraction of sp³-hybridized carbons (Fsp3) is 0.316. The fourth-order valence-corrected chi connectivity index (χ4v) is 2.81. The van der Waals surface area contributed by atoms with E-state index in [4.69, 9.17) is 9.47 Å². The smallest absolute Gasteiger partial charge is 0.142 e. The number of hydrazone groups is 1. The van der Waals surface area contributed by atoms with Gasteiger partial charge >= 0.3 is 0 Å². The highest BCUT2D eigenvalue weighted by Gasteiger charge is 2.18. The van der Waals surface area contributed by atoms with Crippen molar-refractivity contribution in [2.75, 3.05) is 45.3 Å². The summed E-state index contributed by atoms with van der Waals surface area (Å²) in [5, 5.41) is 6.70. The predicted molar refractivity (Wildman–Crippen MR) is 97.4 cm³/mol. The second kappa shape index (κ2) is 7.73. The lowest BCUT2D eigenvalue weighted by Gasteiger charge is -2.35. The minimum atomic E-state index is 0.847. The van der Waals surface area contributed by atoms with Gasteiger partial charge in [0.15, 0.2) is 0 Å². The molecule has 0 unspecified atom stereocenters. The molecule has 3 rings (SSSR count). The van der Waals surface area contributed by atoms with E-state index in [-0.39, 0.29) is 0 Å². The van der Waals surface area contributed by atoms with E-state index < -0.39 is 0 Å². The number of nitrogens with zero attached hydrogens (tertiary/aromatic N) is 3. The molecular weight excluding hydrogens is 302 g/mol. The van der Waals surface area contributed by atoms with Gasteiger partial charge in [0.25, 0.3) is 0 Å². The van der Waals surface area contributed by atoms with Crippen molar-refractivity contribution in [3.63, 3.8) is 0 Å². The van der Waals surface area contributed by atoms with Gasteiger partial charge in [-0.2, -0.15) is 5.10 Å². The van der Waals surface area contributed by atoms with Gasteiger partial charge in [0.05, 0.1) is 39.2 Å². The zero-order valence-electron chi connectivity index (χ0n) is 14.2. The molecule has 0 N–H and O–H groups in total. The van der Waals surface area contributed by atoms with Gasteiger partial charge in [-0.1, -0.05) is 24.3 Å². The molecule has 0 amide bonds. The average Bonchev–Trinajstić information content (AvgIpc) is 2.67. The second-order valence-corrected chi connectivity index (χ2v) is 5.63. The molecule has 2 aromatic rings. The number of anilines is 1. The number of piperazine rings is 1. The lowest BCUT2D eigenvalue weighted by Crippen LogP contribution is -2.44. The minimum absolute atomic E-state index is 0.847. The van der Waals surface area contributed by atoms with E-state index >= 15 is 0 Å². The SMILES string of the molecule is COc1cccc(C=NN2CCN(c3ccccc3OC)CC2)c1. The van der Waals surface area contributed by atoms with E-state index in [1.54, 1.807) is 14.2 Å². The van der Waals surface area contributed by atoms with Crippen molar-refractivity contribution in [3.05, 3.63) is 54.1 Å². The maximum atomic E-state index is 5.46. The Morgan fingerprint density at radius 3 is 2.46 bits per heavy atom. The van der Waals surface area contributed by atoms with Crippen LogP contribution in [0.25, 0.3) is 0 Å². The van der Waals surface area contributed by atoms with Gasteiger partial charge in [-0.25, -0.2) is 0 Å². The molecule has 5 nitrogen and oxygen atoms in total. The zero-order valence-corrected chi connectivity index (χ0v) is 14.2. The molecule has 0 aromatic heterocycles. The van der Waals surface area contributed by atoms with Crippen LogP contribution in [0.3, 0.4) is 0 Å². The van der Waals surface area contributed by atoms with E-state index in [0.717, 1.165) is 48.9 Å². The van der Waals surface area contributed by atoms with Crippen molar-refractivity contribution in [2.24, 2.45) is 5.10 Å². The van der Waals surface area contributed by atoms with Gasteiger partial charge in [-0.15, -0.1) is 0 Å². The van der Waals surface area contributed by atoms with Crippen molar-refractivity contribution in [3.8, 4) is 11.5 Å². The summed E-state index contributed by atoms with van der Waals surface area (Å²) in [6, 6.07) is 16.1. The third-order valence-corrected chi connectivity index (χ3v) is 4.15. The van der Waals surface area contributed by atoms with Gasteiger partial charge < -0.3 is 14.4 Å². The van der Waals surface area contributed by atoms with Gasteiger partial charge in [0.2, 0.25) is 0 Å². The van der Waals surface area contributed by atoms with Crippen LogP contribution < -0.4 is 14.4 Å². The Balaban J connectivity index is 1.59. The van der Waals surface area contributed by atoms with Crippen molar-refractivity contribution >= 4 is 11.9 Å². The van der Waals surface area contributed by atoms with Crippen LogP contribution in [0.1, 0.15) is 5.56 Å². The number of hydrogen-bond acceptors (Lipinski definition) is 5. The first kappa shape index (κ1) is 16.2. The Kier molecular flexibility index (Phi) is 5.21. The van der Waals surface area contributed by atoms with Crippen LogP contribution in [0.2, 0.25) is 0 Å². The summed E-state index contributed by atoms with van der Waals surface area (Å²) in [4.78, 5) is 2.34. The number of methoxy groups -OCH3 is 2. The Labute approximate surface area is 143 Å². The molecule has 0 bridgehead atoms. The monoisotopic (exact) mass is 325 g/mol. The topological polar surface area (TPSA) is 37.3 Å². The molecule has 0 radical (unpaired) electrons. The third kappa shape index (κ3) is 3.79. The quantitative estimate of drug-likeness (QED) is 0.792. The van der Waals surface area contributed by atoms with Crippen LogP contribution in [0, 0.1) is 0 Å². The number of para-hydroxylation sites is 2. The molecule has 0 aliphatic carbocycles. The molecule has 0 atom stereocenters. The standard InChI is InChI=1S/C19H23N3O2/c1-23-17-7-5-6-16(14-17)15-20-22-12-10-21(11-13-22)18-8-3-4-9-19(18)24-2/h3-9,14-15H,10-13H2,1-2H3. The number of benzene rings is 2. The summed E-state index contributed by atoms with van der Waals surface area (Å²) < 4.78 is 10.7. The highest BCUT2D eigenvalue weighted by atomic mass is 16.5. The molecule has 1 saturated heterocycles. The zero-order chi connectivity index (χ0) is 16.8. The fourth-order valence-electron chi connectivity index (χ4n) is 2.81. The molecule has 0 saturated carbocycles. The van der Waals surface area contributed by atoms with Gasteiger partial charge in [-0.3, -0.25) is 5.01 Å². The molecule has 0 spiro atoms. The van der Waals surface area contributed by atoms with Crippen LogP contribution in [0.4, 0.5) is 5.69 Å². The lowest BCUT2D eigenvalue weighted by molar-refractivity contribution is 0.271.